The fourth-order valence-corrected chi connectivity index (χ4v) is 3.89. The highest BCUT2D eigenvalue weighted by molar-refractivity contribution is 7.86. The summed E-state index contributed by atoms with van der Waals surface area (Å²) in [6, 6.07) is 6.36. The molecule has 0 bridgehead atoms. The van der Waals surface area contributed by atoms with E-state index in [0.29, 0.717) is 0 Å². The van der Waals surface area contributed by atoms with E-state index >= 15 is 0 Å². The first-order valence-electron chi connectivity index (χ1n) is 7.72. The van der Waals surface area contributed by atoms with Crippen molar-refractivity contribution < 1.29 is 31.9 Å². The van der Waals surface area contributed by atoms with E-state index in [0.717, 1.165) is 5.56 Å². The van der Waals surface area contributed by atoms with Crippen LogP contribution in [0, 0.1) is 6.92 Å². The topological polar surface area (TPSA) is 91.3 Å². The van der Waals surface area contributed by atoms with Crippen LogP contribution in [0.5, 0.6) is 0 Å². The fourth-order valence-electron chi connectivity index (χ4n) is 2.97. The van der Waals surface area contributed by atoms with Gasteiger partial charge in [0.05, 0.1) is 11.5 Å². The predicted molar refractivity (Wildman–Crippen MR) is 83.6 cm³/mol. The molecule has 7 nitrogen and oxygen atoms in total. The average molecular weight is 358 g/mol. The first-order chi connectivity index (χ1) is 11.0. The Balaban J connectivity index is 1.71. The number of fused-ring (bicyclic) bond motifs is 1. The second-order valence-electron chi connectivity index (χ2n) is 6.78. The molecule has 0 aromatic heterocycles. The van der Waals surface area contributed by atoms with Crippen molar-refractivity contribution in [3.63, 3.8) is 0 Å². The molecule has 4 atom stereocenters. The van der Waals surface area contributed by atoms with Gasteiger partial charge >= 0.3 is 0 Å². The fraction of sp³-hybridized carbons (Fsp3) is 0.625. The van der Waals surface area contributed by atoms with E-state index in [1.807, 2.05) is 6.92 Å². The van der Waals surface area contributed by atoms with Gasteiger partial charge in [-0.05, 0) is 39.8 Å². The molecule has 2 heterocycles. The molecule has 0 saturated carbocycles. The smallest absolute Gasteiger partial charge is 0.297 e. The second kappa shape index (κ2) is 5.76. The lowest BCUT2D eigenvalue weighted by Gasteiger charge is -2.26. The van der Waals surface area contributed by atoms with Crippen molar-refractivity contribution >= 4 is 10.1 Å². The van der Waals surface area contributed by atoms with Crippen LogP contribution in [-0.2, 0) is 28.5 Å². The van der Waals surface area contributed by atoms with E-state index in [9.17, 15) is 13.5 Å². The van der Waals surface area contributed by atoms with Gasteiger partial charge in [0.15, 0.2) is 11.6 Å². The maximum absolute atomic E-state index is 12.3. The van der Waals surface area contributed by atoms with Crippen LogP contribution in [0.2, 0.25) is 0 Å². The molecule has 0 radical (unpaired) electrons. The van der Waals surface area contributed by atoms with Crippen LogP contribution < -0.4 is 0 Å². The molecule has 1 aromatic rings. The quantitative estimate of drug-likeness (QED) is 0.812. The maximum Gasteiger partial charge on any atom is 0.297 e. The molecule has 8 heteroatoms. The molecule has 134 valence electrons. The highest BCUT2D eigenvalue weighted by Gasteiger charge is 2.60. The van der Waals surface area contributed by atoms with E-state index in [-0.39, 0.29) is 11.5 Å². The number of ether oxygens (including phenoxy) is 3. The average Bonchev–Trinajstić information content (AvgIpc) is 2.90. The minimum Gasteiger partial charge on any atom is -0.364 e. The summed E-state index contributed by atoms with van der Waals surface area (Å²) in [5.74, 6) is -2.45. The first kappa shape index (κ1) is 17.8. The van der Waals surface area contributed by atoms with Gasteiger partial charge in [0.25, 0.3) is 10.1 Å². The summed E-state index contributed by atoms with van der Waals surface area (Å²) in [7, 11) is -3.92. The van der Waals surface area contributed by atoms with E-state index in [1.54, 1.807) is 26.0 Å². The van der Waals surface area contributed by atoms with E-state index < -0.39 is 40.0 Å². The summed E-state index contributed by atoms with van der Waals surface area (Å²) in [5.41, 5.74) is 0.950. The van der Waals surface area contributed by atoms with E-state index in [2.05, 4.69) is 0 Å². The van der Waals surface area contributed by atoms with Crippen LogP contribution in [0.3, 0.4) is 0 Å². The summed E-state index contributed by atoms with van der Waals surface area (Å²) in [6.07, 6.45) is -2.07. The zero-order chi connectivity index (χ0) is 17.8. The van der Waals surface area contributed by atoms with Crippen LogP contribution in [0.25, 0.3) is 0 Å². The van der Waals surface area contributed by atoms with Crippen LogP contribution in [0.4, 0.5) is 0 Å². The van der Waals surface area contributed by atoms with Gasteiger partial charge in [-0.1, -0.05) is 17.7 Å². The SMILES string of the molecule is Cc1ccc(S(=O)(=O)OC[C@@H]2OC(C)(O)[C@@H]3OC(C)(C)O[C@H]23)cc1. The van der Waals surface area contributed by atoms with Crippen LogP contribution >= 0.6 is 0 Å². The molecule has 2 aliphatic rings. The largest absolute Gasteiger partial charge is 0.364 e. The highest BCUT2D eigenvalue weighted by Crippen LogP contribution is 2.42. The van der Waals surface area contributed by atoms with Gasteiger partial charge in [0.1, 0.15) is 18.3 Å². The number of hydrogen-bond donors (Lipinski definition) is 1. The molecular formula is C16H22O7S. The lowest BCUT2D eigenvalue weighted by Crippen LogP contribution is -2.40. The van der Waals surface area contributed by atoms with Crippen molar-refractivity contribution in [2.75, 3.05) is 6.61 Å². The monoisotopic (exact) mass is 358 g/mol. The van der Waals surface area contributed by atoms with E-state index in [1.165, 1.54) is 19.1 Å². The summed E-state index contributed by atoms with van der Waals surface area (Å²) in [6.45, 7) is 6.51. The lowest BCUT2D eigenvalue weighted by atomic mass is 10.1. The third-order valence-corrected chi connectivity index (χ3v) is 5.41. The van der Waals surface area contributed by atoms with Gasteiger partial charge in [-0.25, -0.2) is 0 Å². The second-order valence-corrected chi connectivity index (χ2v) is 8.40. The molecule has 2 fully saturated rings. The Labute approximate surface area is 141 Å². The maximum atomic E-state index is 12.3. The van der Waals surface area contributed by atoms with Gasteiger partial charge in [-0.2, -0.15) is 8.42 Å². The number of benzene rings is 1. The van der Waals surface area contributed by atoms with Gasteiger partial charge in [-0.3, -0.25) is 4.18 Å². The summed E-state index contributed by atoms with van der Waals surface area (Å²) in [4.78, 5) is 0.0679. The Bertz CT molecular complexity index is 708. The zero-order valence-electron chi connectivity index (χ0n) is 14.1. The van der Waals surface area contributed by atoms with Crippen molar-refractivity contribution in [1.82, 2.24) is 0 Å². The van der Waals surface area contributed by atoms with Crippen LogP contribution in [0.1, 0.15) is 26.3 Å². The minimum absolute atomic E-state index is 0.0679. The van der Waals surface area contributed by atoms with Gasteiger partial charge < -0.3 is 19.3 Å². The molecule has 3 rings (SSSR count). The Hall–Kier alpha value is -1.03. The normalized spacial score (nSPS) is 35.1. The lowest BCUT2D eigenvalue weighted by molar-refractivity contribution is -0.267. The molecule has 0 spiro atoms. The molecule has 1 unspecified atom stereocenters. The Morgan fingerprint density at radius 1 is 1.12 bits per heavy atom. The number of hydrogen-bond acceptors (Lipinski definition) is 7. The van der Waals surface area contributed by atoms with Crippen LogP contribution in [-0.4, -0.2) is 50.0 Å². The van der Waals surface area contributed by atoms with Gasteiger partial charge in [-0.15, -0.1) is 0 Å². The predicted octanol–water partition coefficient (Wildman–Crippen LogP) is 1.33. The van der Waals surface area contributed by atoms with Crippen molar-refractivity contribution in [2.45, 2.75) is 62.5 Å². The van der Waals surface area contributed by atoms with E-state index in [4.69, 9.17) is 18.4 Å². The number of aliphatic hydroxyl groups is 1. The van der Waals surface area contributed by atoms with Crippen molar-refractivity contribution in [2.24, 2.45) is 0 Å². The Morgan fingerprint density at radius 3 is 2.38 bits per heavy atom. The molecule has 1 aromatic carbocycles. The molecule has 0 amide bonds. The Morgan fingerprint density at radius 2 is 1.75 bits per heavy atom. The molecular weight excluding hydrogens is 336 g/mol. The van der Waals surface area contributed by atoms with Crippen molar-refractivity contribution in [1.29, 1.82) is 0 Å². The standard InChI is InChI=1S/C16H22O7S/c1-10-5-7-11(8-6-10)24(18,19)20-9-12-13-14(16(4,17)21-12)23-15(2,3)22-13/h5-8,12-14,17H,9H2,1-4H3/t12-,13+,14+,16?/m0/s1. The first-order valence-corrected chi connectivity index (χ1v) is 9.13. The van der Waals surface area contributed by atoms with Gasteiger partial charge in [0.2, 0.25) is 0 Å². The molecule has 0 aliphatic carbocycles. The number of aryl methyl sites for hydroxylation is 1. The summed E-state index contributed by atoms with van der Waals surface area (Å²) in [5, 5.41) is 10.3. The minimum atomic E-state index is -3.92. The highest BCUT2D eigenvalue weighted by atomic mass is 32.2. The molecule has 2 saturated heterocycles. The summed E-state index contributed by atoms with van der Waals surface area (Å²) < 4.78 is 46.5. The van der Waals surface area contributed by atoms with Crippen molar-refractivity contribution in [3.8, 4) is 0 Å². The zero-order valence-corrected chi connectivity index (χ0v) is 14.9. The Kier molecular flexibility index (Phi) is 4.26. The summed E-state index contributed by atoms with van der Waals surface area (Å²) >= 11 is 0. The molecule has 2 aliphatic heterocycles. The van der Waals surface area contributed by atoms with Crippen LogP contribution in [0.15, 0.2) is 29.2 Å². The number of rotatable bonds is 4. The van der Waals surface area contributed by atoms with Gasteiger partial charge in [0, 0.05) is 0 Å². The molecule has 1 N–H and O–H groups in total. The third-order valence-electron chi connectivity index (χ3n) is 4.11. The van der Waals surface area contributed by atoms with Crippen molar-refractivity contribution in [3.05, 3.63) is 29.8 Å². The molecule has 24 heavy (non-hydrogen) atoms. The third kappa shape index (κ3) is 3.35.